The fourth-order valence-electron chi connectivity index (χ4n) is 2.09. The van der Waals surface area contributed by atoms with Crippen molar-refractivity contribution in [3.05, 3.63) is 53.6 Å². The number of benzene rings is 2. The monoisotopic (exact) mass is 334 g/mol. The standard InChI is InChI=1S/C16H18N2O4S/c1-11-14(8-5-9-15(11)18-23(3,20)21)16(19)17-12-6-4-7-13(10-12)22-2/h4-10,18H,1-3H3,(H,17,19). The number of carbonyl (C=O) groups is 1. The summed E-state index contributed by atoms with van der Waals surface area (Å²) in [6, 6.07) is 11.9. The number of anilines is 2. The van der Waals surface area contributed by atoms with Gasteiger partial charge in [0.05, 0.1) is 19.1 Å². The molecule has 0 heterocycles. The van der Waals surface area contributed by atoms with Gasteiger partial charge in [-0.2, -0.15) is 0 Å². The average Bonchev–Trinajstić information content (AvgIpc) is 2.48. The van der Waals surface area contributed by atoms with Crippen LogP contribution in [-0.4, -0.2) is 27.7 Å². The van der Waals surface area contributed by atoms with Crippen LogP contribution in [-0.2, 0) is 10.0 Å². The highest BCUT2D eigenvalue weighted by Crippen LogP contribution is 2.22. The summed E-state index contributed by atoms with van der Waals surface area (Å²) in [5.74, 6) is 0.305. The van der Waals surface area contributed by atoms with Crippen LogP contribution < -0.4 is 14.8 Å². The number of carbonyl (C=O) groups excluding carboxylic acids is 1. The van der Waals surface area contributed by atoms with Gasteiger partial charge in [-0.25, -0.2) is 8.42 Å². The lowest BCUT2D eigenvalue weighted by atomic mass is 10.1. The maximum atomic E-state index is 12.4. The molecule has 2 N–H and O–H groups in total. The van der Waals surface area contributed by atoms with Gasteiger partial charge in [-0.15, -0.1) is 0 Å². The van der Waals surface area contributed by atoms with Crippen molar-refractivity contribution in [2.45, 2.75) is 6.92 Å². The van der Waals surface area contributed by atoms with Gasteiger partial charge in [0.25, 0.3) is 5.91 Å². The van der Waals surface area contributed by atoms with Crippen molar-refractivity contribution in [3.63, 3.8) is 0 Å². The minimum atomic E-state index is -3.41. The van der Waals surface area contributed by atoms with E-state index in [1.807, 2.05) is 0 Å². The quantitative estimate of drug-likeness (QED) is 0.880. The van der Waals surface area contributed by atoms with Crippen molar-refractivity contribution in [2.75, 3.05) is 23.4 Å². The fourth-order valence-corrected chi connectivity index (χ4v) is 2.71. The summed E-state index contributed by atoms with van der Waals surface area (Å²) in [6.07, 6.45) is 1.06. The summed E-state index contributed by atoms with van der Waals surface area (Å²) in [4.78, 5) is 12.4. The molecule has 0 radical (unpaired) electrons. The summed E-state index contributed by atoms with van der Waals surface area (Å²) in [6.45, 7) is 1.69. The Bertz CT molecular complexity index is 832. The van der Waals surface area contributed by atoms with Crippen molar-refractivity contribution in [1.82, 2.24) is 0 Å². The molecule has 0 saturated carbocycles. The van der Waals surface area contributed by atoms with Crippen LogP contribution >= 0.6 is 0 Å². The molecular formula is C16H18N2O4S. The summed E-state index contributed by atoms with van der Waals surface area (Å²) in [7, 11) is -1.86. The van der Waals surface area contributed by atoms with Gasteiger partial charge in [0.1, 0.15) is 5.75 Å². The SMILES string of the molecule is COc1cccc(NC(=O)c2cccc(NS(C)(=O)=O)c2C)c1. The van der Waals surface area contributed by atoms with E-state index in [1.54, 1.807) is 56.5 Å². The molecule has 0 aliphatic carbocycles. The maximum absolute atomic E-state index is 12.4. The third kappa shape index (κ3) is 4.46. The van der Waals surface area contributed by atoms with E-state index in [0.29, 0.717) is 28.3 Å². The van der Waals surface area contributed by atoms with E-state index in [0.717, 1.165) is 6.26 Å². The molecule has 23 heavy (non-hydrogen) atoms. The predicted molar refractivity (Wildman–Crippen MR) is 90.6 cm³/mol. The van der Waals surface area contributed by atoms with E-state index >= 15 is 0 Å². The van der Waals surface area contributed by atoms with Crippen LogP contribution in [0, 0.1) is 6.92 Å². The highest BCUT2D eigenvalue weighted by Gasteiger charge is 2.14. The molecule has 0 atom stereocenters. The molecule has 0 bridgehead atoms. The van der Waals surface area contributed by atoms with Gasteiger partial charge in [-0.3, -0.25) is 9.52 Å². The molecule has 6 nitrogen and oxygen atoms in total. The summed E-state index contributed by atoms with van der Waals surface area (Å²) in [5.41, 5.74) is 1.92. The van der Waals surface area contributed by atoms with Gasteiger partial charge in [0, 0.05) is 17.3 Å². The minimum Gasteiger partial charge on any atom is -0.497 e. The highest BCUT2D eigenvalue weighted by atomic mass is 32.2. The molecule has 2 rings (SSSR count). The van der Waals surface area contributed by atoms with Crippen LogP contribution in [0.3, 0.4) is 0 Å². The fraction of sp³-hybridized carbons (Fsp3) is 0.188. The molecule has 122 valence electrons. The first-order valence-corrected chi connectivity index (χ1v) is 8.72. The van der Waals surface area contributed by atoms with E-state index in [9.17, 15) is 13.2 Å². The Balaban J connectivity index is 2.27. The first-order valence-electron chi connectivity index (χ1n) is 6.83. The topological polar surface area (TPSA) is 84.5 Å². The van der Waals surface area contributed by atoms with E-state index < -0.39 is 10.0 Å². The second-order valence-electron chi connectivity index (χ2n) is 5.04. The number of methoxy groups -OCH3 is 1. The molecule has 7 heteroatoms. The lowest BCUT2D eigenvalue weighted by molar-refractivity contribution is 0.102. The number of ether oxygens (including phenoxy) is 1. The lowest BCUT2D eigenvalue weighted by Crippen LogP contribution is -2.16. The van der Waals surface area contributed by atoms with Gasteiger partial charge < -0.3 is 10.1 Å². The molecule has 0 aromatic heterocycles. The Hall–Kier alpha value is -2.54. The minimum absolute atomic E-state index is 0.326. The number of sulfonamides is 1. The van der Waals surface area contributed by atoms with Crippen LogP contribution in [0.25, 0.3) is 0 Å². The van der Waals surface area contributed by atoms with Crippen molar-refractivity contribution in [3.8, 4) is 5.75 Å². The molecule has 0 saturated heterocycles. The van der Waals surface area contributed by atoms with Crippen molar-refractivity contribution in [2.24, 2.45) is 0 Å². The number of nitrogens with one attached hydrogen (secondary N) is 2. The van der Waals surface area contributed by atoms with Crippen LogP contribution in [0.15, 0.2) is 42.5 Å². The zero-order valence-electron chi connectivity index (χ0n) is 13.1. The van der Waals surface area contributed by atoms with E-state index in [-0.39, 0.29) is 5.91 Å². The van der Waals surface area contributed by atoms with Gasteiger partial charge >= 0.3 is 0 Å². The molecule has 2 aromatic rings. The normalized spacial score (nSPS) is 10.9. The Labute approximate surface area is 135 Å². The number of amides is 1. The number of hydrogen-bond acceptors (Lipinski definition) is 4. The van der Waals surface area contributed by atoms with Crippen molar-refractivity contribution >= 4 is 27.3 Å². The summed E-state index contributed by atoms with van der Waals surface area (Å²) < 4.78 is 30.3. The van der Waals surface area contributed by atoms with Gasteiger partial charge in [0.2, 0.25) is 10.0 Å². The highest BCUT2D eigenvalue weighted by molar-refractivity contribution is 7.92. The van der Waals surface area contributed by atoms with Crippen LogP contribution in [0.2, 0.25) is 0 Å². The summed E-state index contributed by atoms with van der Waals surface area (Å²) in [5, 5.41) is 2.77. The molecule has 0 aliphatic rings. The zero-order valence-corrected chi connectivity index (χ0v) is 13.9. The number of hydrogen-bond donors (Lipinski definition) is 2. The molecule has 0 unspecified atom stereocenters. The summed E-state index contributed by atoms with van der Waals surface area (Å²) >= 11 is 0. The van der Waals surface area contributed by atoms with E-state index in [2.05, 4.69) is 10.0 Å². The van der Waals surface area contributed by atoms with Crippen LogP contribution in [0.5, 0.6) is 5.75 Å². The molecular weight excluding hydrogens is 316 g/mol. The Morgan fingerprint density at radius 3 is 2.48 bits per heavy atom. The average molecular weight is 334 g/mol. The maximum Gasteiger partial charge on any atom is 0.256 e. The second kappa shape index (κ2) is 6.70. The molecule has 2 aromatic carbocycles. The molecule has 1 amide bonds. The van der Waals surface area contributed by atoms with Gasteiger partial charge in [-0.05, 0) is 36.8 Å². The Kier molecular flexibility index (Phi) is 4.90. The van der Waals surface area contributed by atoms with Gasteiger partial charge in [-0.1, -0.05) is 12.1 Å². The van der Waals surface area contributed by atoms with Crippen LogP contribution in [0.1, 0.15) is 15.9 Å². The third-order valence-electron chi connectivity index (χ3n) is 3.20. The smallest absolute Gasteiger partial charge is 0.256 e. The van der Waals surface area contributed by atoms with Crippen LogP contribution in [0.4, 0.5) is 11.4 Å². The largest absolute Gasteiger partial charge is 0.497 e. The third-order valence-corrected chi connectivity index (χ3v) is 3.79. The van der Waals surface area contributed by atoms with Crippen molar-refractivity contribution < 1.29 is 17.9 Å². The molecule has 0 spiro atoms. The predicted octanol–water partition coefficient (Wildman–Crippen LogP) is 2.63. The Morgan fingerprint density at radius 2 is 1.83 bits per heavy atom. The van der Waals surface area contributed by atoms with E-state index in [4.69, 9.17) is 4.74 Å². The van der Waals surface area contributed by atoms with Crippen molar-refractivity contribution in [1.29, 1.82) is 0 Å². The Morgan fingerprint density at radius 1 is 1.13 bits per heavy atom. The van der Waals surface area contributed by atoms with Gasteiger partial charge in [0.15, 0.2) is 0 Å². The first kappa shape index (κ1) is 16.8. The second-order valence-corrected chi connectivity index (χ2v) is 6.79. The lowest BCUT2D eigenvalue weighted by Gasteiger charge is -2.12. The first-order chi connectivity index (χ1) is 10.8. The zero-order chi connectivity index (χ0) is 17.0. The van der Waals surface area contributed by atoms with E-state index in [1.165, 1.54) is 0 Å². The number of rotatable bonds is 5. The molecule has 0 aliphatic heterocycles. The molecule has 0 fully saturated rings.